The number of aliphatic hydroxyl groups excluding tert-OH is 4. The maximum Gasteiger partial charge on any atom is 0.472 e. The SMILES string of the molecule is CCCCC/C=C\C/C=C\CCCCCCCC(=O)O[C@H](COC(=O)CCCCCC[C@@H]1[C@@H](/C=C/[C@@H](O)CCCCC)[C@H](O)C[C@@H]1O)COP(=O)(O)OC[C@@H](O)COP(=O)(O)O. The van der Waals surface area contributed by atoms with E-state index in [9.17, 15) is 44.0 Å². The Morgan fingerprint density at radius 1 is 0.661 bits per heavy atom. The molecule has 0 aromatic carbocycles. The van der Waals surface area contributed by atoms with Gasteiger partial charge in [-0.05, 0) is 63.7 Å². The molecule has 0 bridgehead atoms. The van der Waals surface area contributed by atoms with E-state index in [0.29, 0.717) is 32.1 Å². The number of hydrogen-bond donors (Lipinski definition) is 7. The molecule has 1 unspecified atom stereocenters. The summed E-state index contributed by atoms with van der Waals surface area (Å²) in [5.41, 5.74) is 0. The van der Waals surface area contributed by atoms with Crippen LogP contribution in [0.1, 0.15) is 162 Å². The van der Waals surface area contributed by atoms with Gasteiger partial charge in [0.1, 0.15) is 12.7 Å². The van der Waals surface area contributed by atoms with Gasteiger partial charge in [0.15, 0.2) is 6.10 Å². The van der Waals surface area contributed by atoms with E-state index in [1.165, 1.54) is 19.3 Å². The molecule has 1 fully saturated rings. The second-order valence-corrected chi connectivity index (χ2v) is 19.0. The van der Waals surface area contributed by atoms with Crippen molar-refractivity contribution in [1.29, 1.82) is 0 Å². The zero-order valence-electron chi connectivity index (χ0n) is 37.3. The standard InChI is InChI=1S/C44H80O16P2/c1-3-5-7-8-9-10-11-12-13-14-15-16-17-18-24-28-44(50)60-38(35-59-62(54,55)58-33-37(46)32-57-61(51,52)53)34-56-43(49)27-23-20-19-22-26-39-40(42(48)31-41(39)47)30-29-36(45)25-21-6-4-2/h9-10,12-13,29-30,36-42,45-48H,3-8,11,14-28,31-35H2,1-2H3,(H,54,55)(H2,51,52,53)/b10-9-,13-12-,30-29+/t36-,37-,38+,39+,40+,41-,42+/m0/s1. The Morgan fingerprint density at radius 2 is 1.23 bits per heavy atom. The van der Waals surface area contributed by atoms with Gasteiger partial charge in [-0.25, -0.2) is 9.13 Å². The Balaban J connectivity index is 2.53. The van der Waals surface area contributed by atoms with Crippen LogP contribution in [0.25, 0.3) is 0 Å². The summed E-state index contributed by atoms with van der Waals surface area (Å²) < 4.78 is 47.8. The first-order valence-electron chi connectivity index (χ1n) is 22.9. The fourth-order valence-electron chi connectivity index (χ4n) is 7.06. The van der Waals surface area contributed by atoms with Crippen LogP contribution >= 0.6 is 15.6 Å². The van der Waals surface area contributed by atoms with Crippen molar-refractivity contribution < 1.29 is 76.9 Å². The first-order chi connectivity index (χ1) is 29.6. The maximum atomic E-state index is 12.7. The highest BCUT2D eigenvalue weighted by molar-refractivity contribution is 7.47. The molecule has 0 spiro atoms. The first kappa shape index (κ1) is 58.2. The number of allylic oxidation sites excluding steroid dienone is 4. The van der Waals surface area contributed by atoms with Crippen LogP contribution in [0.2, 0.25) is 0 Å². The van der Waals surface area contributed by atoms with Crippen molar-refractivity contribution in [1.82, 2.24) is 0 Å². The van der Waals surface area contributed by atoms with E-state index in [0.717, 1.165) is 77.0 Å². The fraction of sp³-hybridized carbons (Fsp3) is 0.818. The number of carbonyl (C=O) groups is 2. The summed E-state index contributed by atoms with van der Waals surface area (Å²) in [5, 5.41) is 41.2. The molecule has 0 aromatic heterocycles. The van der Waals surface area contributed by atoms with Gasteiger partial charge in [-0.2, -0.15) is 0 Å². The van der Waals surface area contributed by atoms with Gasteiger partial charge in [0.2, 0.25) is 0 Å². The summed E-state index contributed by atoms with van der Waals surface area (Å²) in [6.45, 7) is 1.38. The number of ether oxygens (including phenoxy) is 2. The Morgan fingerprint density at radius 3 is 1.89 bits per heavy atom. The molecular formula is C44H80O16P2. The highest BCUT2D eigenvalue weighted by atomic mass is 31.2. The molecule has 0 radical (unpaired) electrons. The van der Waals surface area contributed by atoms with E-state index in [2.05, 4.69) is 47.2 Å². The topological polar surface area (TPSA) is 256 Å². The minimum Gasteiger partial charge on any atom is -0.462 e. The van der Waals surface area contributed by atoms with Gasteiger partial charge in [0.25, 0.3) is 0 Å². The largest absolute Gasteiger partial charge is 0.472 e. The molecule has 8 atom stereocenters. The summed E-state index contributed by atoms with van der Waals surface area (Å²) in [7, 11) is -9.76. The number of rotatable bonds is 39. The van der Waals surface area contributed by atoms with Crippen LogP contribution in [0.5, 0.6) is 0 Å². The third kappa shape index (κ3) is 32.0. The summed E-state index contributed by atoms with van der Waals surface area (Å²) in [4.78, 5) is 53.0. The maximum absolute atomic E-state index is 12.7. The summed E-state index contributed by atoms with van der Waals surface area (Å²) in [6, 6.07) is 0. The van der Waals surface area contributed by atoms with Crippen molar-refractivity contribution in [2.24, 2.45) is 11.8 Å². The van der Waals surface area contributed by atoms with Gasteiger partial charge in [-0.3, -0.25) is 23.2 Å². The number of phosphoric ester groups is 2. The lowest BCUT2D eigenvalue weighted by atomic mass is 9.88. The minimum atomic E-state index is -4.89. The third-order valence-corrected chi connectivity index (χ3v) is 12.0. The molecule has 1 aliphatic carbocycles. The molecule has 362 valence electrons. The van der Waals surface area contributed by atoms with Crippen molar-refractivity contribution in [3.05, 3.63) is 36.5 Å². The second-order valence-electron chi connectivity index (χ2n) is 16.3. The lowest BCUT2D eigenvalue weighted by molar-refractivity contribution is -0.161. The third-order valence-electron chi connectivity index (χ3n) is 10.6. The molecule has 18 heteroatoms. The van der Waals surface area contributed by atoms with Crippen LogP contribution in [0, 0.1) is 11.8 Å². The van der Waals surface area contributed by atoms with Crippen molar-refractivity contribution in [2.45, 2.75) is 192 Å². The van der Waals surface area contributed by atoms with E-state index >= 15 is 0 Å². The number of carbonyl (C=O) groups excluding carboxylic acids is 2. The molecule has 7 N–H and O–H groups in total. The molecule has 0 aliphatic heterocycles. The van der Waals surface area contributed by atoms with Crippen LogP contribution in [-0.2, 0) is 41.8 Å². The molecule has 62 heavy (non-hydrogen) atoms. The van der Waals surface area contributed by atoms with Crippen molar-refractivity contribution in [3.63, 3.8) is 0 Å². The number of unbranched alkanes of at least 4 members (excludes halogenated alkanes) is 13. The highest BCUT2D eigenvalue weighted by Gasteiger charge is 2.39. The normalized spacial score (nSPS) is 20.9. The van der Waals surface area contributed by atoms with E-state index in [1.54, 1.807) is 6.08 Å². The van der Waals surface area contributed by atoms with E-state index < -0.39 is 84.5 Å². The quantitative estimate of drug-likeness (QED) is 0.0133. The zero-order valence-corrected chi connectivity index (χ0v) is 39.1. The molecule has 0 aromatic rings. The second kappa shape index (κ2) is 35.5. The Hall–Kier alpha value is -1.78. The predicted molar refractivity (Wildman–Crippen MR) is 237 cm³/mol. The smallest absolute Gasteiger partial charge is 0.462 e. The lowest BCUT2D eigenvalue weighted by Gasteiger charge is -2.21. The Labute approximate surface area is 370 Å². The number of esters is 2. The monoisotopic (exact) mass is 926 g/mol. The summed E-state index contributed by atoms with van der Waals surface area (Å²) in [6.07, 6.45) is 26.3. The van der Waals surface area contributed by atoms with Gasteiger partial charge in [-0.15, -0.1) is 0 Å². The highest BCUT2D eigenvalue weighted by Crippen LogP contribution is 2.44. The van der Waals surface area contributed by atoms with E-state index in [1.807, 2.05) is 6.08 Å². The number of hydrogen-bond acceptors (Lipinski definition) is 13. The van der Waals surface area contributed by atoms with E-state index in [-0.39, 0.29) is 31.1 Å². The van der Waals surface area contributed by atoms with Crippen LogP contribution in [0.4, 0.5) is 0 Å². The molecule has 1 rings (SSSR count). The average Bonchev–Trinajstić information content (AvgIpc) is 3.49. The molecular weight excluding hydrogens is 846 g/mol. The molecule has 0 amide bonds. The van der Waals surface area contributed by atoms with Crippen molar-refractivity contribution in [2.75, 3.05) is 26.4 Å². The zero-order chi connectivity index (χ0) is 46.1. The van der Waals surface area contributed by atoms with Gasteiger partial charge in [-0.1, -0.05) is 121 Å². The van der Waals surface area contributed by atoms with Gasteiger partial charge in [0, 0.05) is 25.2 Å². The first-order valence-corrected chi connectivity index (χ1v) is 26.0. The number of phosphoric acid groups is 2. The van der Waals surface area contributed by atoms with Crippen molar-refractivity contribution in [3.8, 4) is 0 Å². The molecule has 0 saturated heterocycles. The van der Waals surface area contributed by atoms with Crippen molar-refractivity contribution >= 4 is 27.6 Å². The van der Waals surface area contributed by atoms with Crippen LogP contribution in [-0.4, -0.2) is 104 Å². The summed E-state index contributed by atoms with van der Waals surface area (Å²) in [5.74, 6) is -1.55. The average molecular weight is 927 g/mol. The van der Waals surface area contributed by atoms with Gasteiger partial charge < -0.3 is 44.6 Å². The van der Waals surface area contributed by atoms with Gasteiger partial charge >= 0.3 is 27.6 Å². The lowest BCUT2D eigenvalue weighted by Crippen LogP contribution is -2.30. The molecule has 16 nitrogen and oxygen atoms in total. The molecule has 1 aliphatic rings. The Kier molecular flexibility index (Phi) is 33.3. The molecule has 1 saturated carbocycles. The molecule has 0 heterocycles. The minimum absolute atomic E-state index is 0.0652. The number of aliphatic hydroxyl groups is 4. The van der Waals surface area contributed by atoms with Crippen LogP contribution in [0.3, 0.4) is 0 Å². The van der Waals surface area contributed by atoms with Crippen LogP contribution in [0.15, 0.2) is 36.5 Å². The predicted octanol–water partition coefficient (Wildman–Crippen LogP) is 8.05. The van der Waals surface area contributed by atoms with Crippen LogP contribution < -0.4 is 0 Å². The van der Waals surface area contributed by atoms with Gasteiger partial charge in [0.05, 0.1) is 38.1 Å². The fourth-order valence-corrected chi connectivity index (χ4v) is 8.22. The Bertz CT molecular complexity index is 1350. The van der Waals surface area contributed by atoms with E-state index in [4.69, 9.17) is 23.8 Å². The summed E-state index contributed by atoms with van der Waals surface area (Å²) >= 11 is 0.